The Kier molecular flexibility index (Phi) is 4.51. The van der Waals surface area contributed by atoms with E-state index in [0.29, 0.717) is 5.82 Å². The van der Waals surface area contributed by atoms with Crippen molar-refractivity contribution in [3.05, 3.63) is 54.3 Å². The molecule has 0 saturated heterocycles. The van der Waals surface area contributed by atoms with Gasteiger partial charge in [-0.2, -0.15) is 0 Å². The van der Waals surface area contributed by atoms with E-state index in [-0.39, 0.29) is 0 Å². The molecular formula is C19H23N5. The van der Waals surface area contributed by atoms with Crippen LogP contribution in [0.15, 0.2) is 42.8 Å². The van der Waals surface area contributed by atoms with E-state index in [0.717, 1.165) is 41.3 Å². The van der Waals surface area contributed by atoms with Gasteiger partial charge in [-0.05, 0) is 38.0 Å². The number of imidazole rings is 1. The van der Waals surface area contributed by atoms with Gasteiger partial charge in [-0.15, -0.1) is 0 Å². The van der Waals surface area contributed by atoms with Crippen LogP contribution in [0.25, 0.3) is 22.5 Å². The topological polar surface area (TPSA) is 72.0 Å². The molecule has 0 spiro atoms. The van der Waals surface area contributed by atoms with Gasteiger partial charge in [0.2, 0.25) is 0 Å². The molecule has 0 aliphatic rings. The monoisotopic (exact) mass is 321 g/mol. The third-order valence-electron chi connectivity index (χ3n) is 4.03. The predicted molar refractivity (Wildman–Crippen MR) is 99.6 cm³/mol. The van der Waals surface area contributed by atoms with Crippen molar-refractivity contribution in [2.24, 2.45) is 0 Å². The summed E-state index contributed by atoms with van der Waals surface area (Å²) < 4.78 is 2.05. The Balaban J connectivity index is 2.12. The molecule has 3 aromatic heterocycles. The molecule has 0 unspecified atom stereocenters. The third-order valence-corrected chi connectivity index (χ3v) is 4.03. The minimum Gasteiger partial charge on any atom is -0.382 e. The maximum Gasteiger partial charge on any atom is 0.150 e. The summed E-state index contributed by atoms with van der Waals surface area (Å²) in [6.07, 6.45) is 11.7. The summed E-state index contributed by atoms with van der Waals surface area (Å²) in [7, 11) is 0. The fourth-order valence-electron chi connectivity index (χ4n) is 2.81. The number of hydrogen-bond acceptors (Lipinski definition) is 3. The summed E-state index contributed by atoms with van der Waals surface area (Å²) in [5.41, 5.74) is 11.0. The zero-order valence-electron chi connectivity index (χ0n) is 14.4. The molecule has 0 radical (unpaired) electrons. The van der Waals surface area contributed by atoms with E-state index in [2.05, 4.69) is 36.0 Å². The molecule has 0 aliphatic carbocycles. The average Bonchev–Trinajstić information content (AvgIpc) is 3.19. The van der Waals surface area contributed by atoms with Crippen LogP contribution in [0.3, 0.4) is 0 Å². The molecule has 3 heterocycles. The standard InChI is InChI=1S/C19H23N5/c1-4-6-8-13(3)14-9-10-15(22-14)17-18-19(20)21-11-12-24(18)16(23-17)7-5-2/h4,6,8-12,22H,5,7H2,1-3H3,(H2,20,21)/b6-4-,13-8-. The third kappa shape index (κ3) is 2.85. The second kappa shape index (κ2) is 6.74. The normalized spacial score (nSPS) is 12.5. The highest BCUT2D eigenvalue weighted by atomic mass is 15.1. The number of hydrogen-bond donors (Lipinski definition) is 2. The maximum absolute atomic E-state index is 6.13. The van der Waals surface area contributed by atoms with Crippen LogP contribution in [0.5, 0.6) is 0 Å². The van der Waals surface area contributed by atoms with E-state index in [9.17, 15) is 0 Å². The Labute approximate surface area is 142 Å². The van der Waals surface area contributed by atoms with Crippen LogP contribution in [-0.4, -0.2) is 19.4 Å². The smallest absolute Gasteiger partial charge is 0.150 e. The molecule has 5 nitrogen and oxygen atoms in total. The number of aromatic nitrogens is 4. The molecule has 0 aromatic carbocycles. The highest BCUT2D eigenvalue weighted by Gasteiger charge is 2.16. The van der Waals surface area contributed by atoms with Crippen LogP contribution in [0, 0.1) is 0 Å². The highest BCUT2D eigenvalue weighted by Crippen LogP contribution is 2.29. The van der Waals surface area contributed by atoms with Crippen molar-refractivity contribution in [3.63, 3.8) is 0 Å². The van der Waals surface area contributed by atoms with Crippen LogP contribution in [0.1, 0.15) is 38.7 Å². The van der Waals surface area contributed by atoms with E-state index in [4.69, 9.17) is 10.7 Å². The number of rotatable bonds is 5. The average molecular weight is 321 g/mol. The lowest BCUT2D eigenvalue weighted by Gasteiger charge is -2.01. The van der Waals surface area contributed by atoms with Gasteiger partial charge >= 0.3 is 0 Å². The Morgan fingerprint density at radius 1 is 1.38 bits per heavy atom. The van der Waals surface area contributed by atoms with Crippen molar-refractivity contribution in [1.82, 2.24) is 19.4 Å². The molecule has 0 fully saturated rings. The molecular weight excluding hydrogens is 298 g/mol. The van der Waals surface area contributed by atoms with Gasteiger partial charge in [0, 0.05) is 24.5 Å². The van der Waals surface area contributed by atoms with Gasteiger partial charge in [0.25, 0.3) is 0 Å². The van der Waals surface area contributed by atoms with E-state index < -0.39 is 0 Å². The molecule has 0 bridgehead atoms. The summed E-state index contributed by atoms with van der Waals surface area (Å²) in [5, 5.41) is 0. The second-order valence-corrected chi connectivity index (χ2v) is 5.82. The molecule has 124 valence electrons. The minimum atomic E-state index is 0.500. The molecule has 3 rings (SSSR count). The minimum absolute atomic E-state index is 0.500. The van der Waals surface area contributed by atoms with E-state index >= 15 is 0 Å². The van der Waals surface area contributed by atoms with Gasteiger partial charge in [0.05, 0.1) is 5.69 Å². The van der Waals surface area contributed by atoms with Gasteiger partial charge in [-0.3, -0.25) is 4.40 Å². The quantitative estimate of drug-likeness (QED) is 0.690. The molecule has 0 aliphatic heterocycles. The Hall–Kier alpha value is -2.82. The summed E-state index contributed by atoms with van der Waals surface area (Å²) in [6.45, 7) is 6.24. The Morgan fingerprint density at radius 3 is 2.96 bits per heavy atom. The SMILES string of the molecule is C/C=C\C=C(\C)c1ccc(-c2nc(CCC)n3ccnc(N)c23)[nH]1. The van der Waals surface area contributed by atoms with Crippen molar-refractivity contribution >= 4 is 16.9 Å². The van der Waals surface area contributed by atoms with Gasteiger partial charge in [-0.25, -0.2) is 9.97 Å². The van der Waals surface area contributed by atoms with Crippen LogP contribution < -0.4 is 5.73 Å². The van der Waals surface area contributed by atoms with Gasteiger partial charge in [0.15, 0.2) is 0 Å². The number of anilines is 1. The van der Waals surface area contributed by atoms with Crippen molar-refractivity contribution in [2.45, 2.75) is 33.6 Å². The van der Waals surface area contributed by atoms with Crippen LogP contribution in [0.2, 0.25) is 0 Å². The number of nitrogen functional groups attached to an aromatic ring is 1. The number of H-pyrrole nitrogens is 1. The first-order valence-electron chi connectivity index (χ1n) is 8.26. The van der Waals surface area contributed by atoms with Crippen molar-refractivity contribution in [1.29, 1.82) is 0 Å². The fraction of sp³-hybridized carbons (Fsp3) is 0.263. The molecule has 0 atom stereocenters. The molecule has 24 heavy (non-hydrogen) atoms. The lowest BCUT2D eigenvalue weighted by atomic mass is 10.2. The lowest BCUT2D eigenvalue weighted by Crippen LogP contribution is -1.98. The van der Waals surface area contributed by atoms with Gasteiger partial charge in [-0.1, -0.05) is 25.2 Å². The Bertz CT molecular complexity index is 911. The lowest BCUT2D eigenvalue weighted by molar-refractivity contribution is 0.829. The molecule has 0 amide bonds. The predicted octanol–water partition coefficient (Wildman–Crippen LogP) is 4.24. The van der Waals surface area contributed by atoms with E-state index in [1.165, 1.54) is 5.57 Å². The highest BCUT2D eigenvalue weighted by molar-refractivity contribution is 5.84. The molecule has 0 saturated carbocycles. The van der Waals surface area contributed by atoms with Crippen LogP contribution >= 0.6 is 0 Å². The van der Waals surface area contributed by atoms with Crippen LogP contribution in [-0.2, 0) is 6.42 Å². The number of nitrogens with one attached hydrogen (secondary N) is 1. The molecule has 5 heteroatoms. The number of aryl methyl sites for hydroxylation is 1. The van der Waals surface area contributed by atoms with Gasteiger partial charge < -0.3 is 10.7 Å². The summed E-state index contributed by atoms with van der Waals surface area (Å²) in [5.74, 6) is 1.51. The van der Waals surface area contributed by atoms with Crippen molar-refractivity contribution < 1.29 is 0 Å². The number of allylic oxidation sites excluding steroid dienone is 4. The summed E-state index contributed by atoms with van der Waals surface area (Å²) >= 11 is 0. The van der Waals surface area contributed by atoms with Crippen LogP contribution in [0.4, 0.5) is 5.82 Å². The summed E-state index contributed by atoms with van der Waals surface area (Å²) in [6, 6.07) is 4.12. The number of aromatic amines is 1. The maximum atomic E-state index is 6.13. The van der Waals surface area contributed by atoms with Crippen molar-refractivity contribution in [3.8, 4) is 11.4 Å². The van der Waals surface area contributed by atoms with E-state index in [1.807, 2.05) is 35.7 Å². The summed E-state index contributed by atoms with van der Waals surface area (Å²) in [4.78, 5) is 12.5. The first kappa shape index (κ1) is 16.1. The van der Waals surface area contributed by atoms with Crippen molar-refractivity contribution in [2.75, 3.05) is 5.73 Å². The second-order valence-electron chi connectivity index (χ2n) is 5.82. The zero-order chi connectivity index (χ0) is 17.1. The van der Waals surface area contributed by atoms with E-state index in [1.54, 1.807) is 6.20 Å². The Morgan fingerprint density at radius 2 is 2.21 bits per heavy atom. The number of nitrogens with two attached hydrogens (primary N) is 1. The fourth-order valence-corrected chi connectivity index (χ4v) is 2.81. The first-order valence-corrected chi connectivity index (χ1v) is 8.26. The van der Waals surface area contributed by atoms with Gasteiger partial charge in [0.1, 0.15) is 22.9 Å². The zero-order valence-corrected chi connectivity index (χ0v) is 14.4. The largest absolute Gasteiger partial charge is 0.382 e. The number of nitrogens with zero attached hydrogens (tertiary/aromatic N) is 3. The molecule has 3 aromatic rings. The molecule has 3 N–H and O–H groups in total. The first-order chi connectivity index (χ1) is 11.7. The number of fused-ring (bicyclic) bond motifs is 1.